The molecule has 0 radical (unpaired) electrons. The van der Waals surface area contributed by atoms with Gasteiger partial charge < -0.3 is 15.3 Å². The summed E-state index contributed by atoms with van der Waals surface area (Å²) in [5, 5.41) is 14.1. The number of likely N-dealkylation sites (N-methyl/N-ethyl adjacent to an activating group) is 1. The van der Waals surface area contributed by atoms with E-state index in [9.17, 15) is 9.90 Å². The van der Waals surface area contributed by atoms with Crippen LogP contribution in [-0.2, 0) is 16.8 Å². The third-order valence-corrected chi connectivity index (χ3v) is 4.48. The summed E-state index contributed by atoms with van der Waals surface area (Å²) < 4.78 is 0. The number of carbonyl (C=O) groups excluding carboxylic acids is 1. The number of hydrogen-bond acceptors (Lipinski definition) is 3. The maximum atomic E-state index is 11.7. The van der Waals surface area contributed by atoms with Crippen molar-refractivity contribution in [3.8, 4) is 0 Å². The third kappa shape index (κ3) is 1.95. The normalized spacial score (nSPS) is 25.5. The molecular weight excluding hydrogens is 240 g/mol. The first kappa shape index (κ1) is 12.6. The Morgan fingerprint density at radius 1 is 1.47 bits per heavy atom. The molecule has 2 heterocycles. The second-order valence-electron chi connectivity index (χ2n) is 5.77. The van der Waals surface area contributed by atoms with E-state index in [4.69, 9.17) is 0 Å². The quantitative estimate of drug-likeness (QED) is 0.839. The van der Waals surface area contributed by atoms with Crippen molar-refractivity contribution < 1.29 is 9.90 Å². The number of benzene rings is 1. The molecule has 1 aromatic rings. The molecule has 2 aliphatic rings. The maximum absolute atomic E-state index is 11.7. The lowest BCUT2D eigenvalue weighted by Crippen LogP contribution is -2.42. The molecule has 2 aliphatic heterocycles. The van der Waals surface area contributed by atoms with Crippen LogP contribution in [0.2, 0.25) is 0 Å². The van der Waals surface area contributed by atoms with E-state index in [0.29, 0.717) is 6.42 Å². The van der Waals surface area contributed by atoms with Crippen LogP contribution in [0.3, 0.4) is 0 Å². The monoisotopic (exact) mass is 260 g/mol. The highest BCUT2D eigenvalue weighted by atomic mass is 16.3. The van der Waals surface area contributed by atoms with Crippen molar-refractivity contribution in [3.05, 3.63) is 29.3 Å². The zero-order valence-corrected chi connectivity index (χ0v) is 11.4. The highest BCUT2D eigenvalue weighted by Crippen LogP contribution is 2.35. The molecule has 1 aromatic carbocycles. The van der Waals surface area contributed by atoms with Gasteiger partial charge in [0.25, 0.3) is 0 Å². The van der Waals surface area contributed by atoms with Crippen LogP contribution in [0.5, 0.6) is 0 Å². The highest BCUT2D eigenvalue weighted by Gasteiger charge is 2.36. The van der Waals surface area contributed by atoms with Crippen molar-refractivity contribution in [2.45, 2.75) is 37.8 Å². The Morgan fingerprint density at radius 3 is 2.95 bits per heavy atom. The number of fused-ring (bicyclic) bond motifs is 1. The average Bonchev–Trinajstić information content (AvgIpc) is 2.99. The minimum atomic E-state index is -0.879. The van der Waals surface area contributed by atoms with Crippen molar-refractivity contribution in [1.29, 1.82) is 0 Å². The first-order valence-electron chi connectivity index (χ1n) is 6.86. The van der Waals surface area contributed by atoms with Gasteiger partial charge in [0.15, 0.2) is 0 Å². The summed E-state index contributed by atoms with van der Waals surface area (Å²) in [6.07, 6.45) is 2.53. The van der Waals surface area contributed by atoms with Gasteiger partial charge in [-0.05, 0) is 43.5 Å². The lowest BCUT2D eigenvalue weighted by molar-refractivity contribution is -0.117. The maximum Gasteiger partial charge on any atom is 0.231 e. The van der Waals surface area contributed by atoms with E-state index in [1.165, 1.54) is 0 Å². The number of amides is 1. The van der Waals surface area contributed by atoms with Crippen LogP contribution in [0.25, 0.3) is 0 Å². The molecule has 0 saturated carbocycles. The predicted octanol–water partition coefficient (Wildman–Crippen LogP) is 1.16. The predicted molar refractivity (Wildman–Crippen MR) is 74.2 cm³/mol. The fourth-order valence-corrected chi connectivity index (χ4v) is 3.15. The zero-order chi connectivity index (χ0) is 13.6. The summed E-state index contributed by atoms with van der Waals surface area (Å²) in [5.41, 5.74) is 2.00. The standard InChI is InChI=1S/C15H20N2O2/c1-15(19,13-4-3-7-16-13)11-5-6-12-10(8-11)9-14(18)17(12)2/h5-6,8,13,16,19H,3-4,7,9H2,1-2H3. The number of anilines is 1. The van der Waals surface area contributed by atoms with Crippen molar-refractivity contribution in [3.63, 3.8) is 0 Å². The second-order valence-corrected chi connectivity index (χ2v) is 5.77. The number of nitrogens with one attached hydrogen (secondary N) is 1. The molecule has 2 N–H and O–H groups in total. The van der Waals surface area contributed by atoms with Gasteiger partial charge in [-0.1, -0.05) is 12.1 Å². The average molecular weight is 260 g/mol. The molecule has 1 amide bonds. The second kappa shape index (κ2) is 4.32. The van der Waals surface area contributed by atoms with Gasteiger partial charge in [-0.3, -0.25) is 4.79 Å². The first-order chi connectivity index (χ1) is 9.00. The van der Waals surface area contributed by atoms with Gasteiger partial charge in [-0.25, -0.2) is 0 Å². The van der Waals surface area contributed by atoms with Crippen LogP contribution in [0.1, 0.15) is 30.9 Å². The van der Waals surface area contributed by atoms with E-state index in [0.717, 1.165) is 36.2 Å². The lowest BCUT2D eigenvalue weighted by atomic mass is 9.86. The Hall–Kier alpha value is -1.39. The Labute approximate surface area is 113 Å². The minimum absolute atomic E-state index is 0.0976. The van der Waals surface area contributed by atoms with Crippen molar-refractivity contribution in [2.75, 3.05) is 18.5 Å². The zero-order valence-electron chi connectivity index (χ0n) is 11.4. The van der Waals surface area contributed by atoms with Gasteiger partial charge in [0, 0.05) is 18.8 Å². The SMILES string of the molecule is CN1C(=O)Cc2cc(C(C)(O)C3CCCN3)ccc21. The summed E-state index contributed by atoms with van der Waals surface area (Å²) >= 11 is 0. The van der Waals surface area contributed by atoms with Gasteiger partial charge in [-0.2, -0.15) is 0 Å². The van der Waals surface area contributed by atoms with E-state index in [1.807, 2.05) is 25.1 Å². The largest absolute Gasteiger partial charge is 0.384 e. The number of hydrogen-bond donors (Lipinski definition) is 2. The van der Waals surface area contributed by atoms with Crippen LogP contribution < -0.4 is 10.2 Å². The van der Waals surface area contributed by atoms with Gasteiger partial charge >= 0.3 is 0 Å². The minimum Gasteiger partial charge on any atom is -0.384 e. The van der Waals surface area contributed by atoms with E-state index in [2.05, 4.69) is 5.32 Å². The molecule has 4 nitrogen and oxygen atoms in total. The van der Waals surface area contributed by atoms with E-state index >= 15 is 0 Å². The fraction of sp³-hybridized carbons (Fsp3) is 0.533. The number of carbonyl (C=O) groups is 1. The first-order valence-corrected chi connectivity index (χ1v) is 6.86. The molecule has 19 heavy (non-hydrogen) atoms. The summed E-state index contributed by atoms with van der Waals surface area (Å²) in [6, 6.07) is 5.96. The molecule has 0 spiro atoms. The van der Waals surface area contributed by atoms with Crippen LogP contribution in [0, 0.1) is 0 Å². The Bertz CT molecular complexity index is 519. The van der Waals surface area contributed by atoms with Crippen LogP contribution in [-0.4, -0.2) is 30.6 Å². The van der Waals surface area contributed by atoms with Crippen molar-refractivity contribution >= 4 is 11.6 Å². The van der Waals surface area contributed by atoms with Crippen LogP contribution in [0.4, 0.5) is 5.69 Å². The van der Waals surface area contributed by atoms with Gasteiger partial charge in [0.05, 0.1) is 6.42 Å². The smallest absolute Gasteiger partial charge is 0.231 e. The molecule has 2 unspecified atom stereocenters. The van der Waals surface area contributed by atoms with Crippen molar-refractivity contribution in [1.82, 2.24) is 5.32 Å². The van der Waals surface area contributed by atoms with E-state index in [1.54, 1.807) is 11.9 Å². The Morgan fingerprint density at radius 2 is 2.26 bits per heavy atom. The molecule has 0 aromatic heterocycles. The summed E-state index contributed by atoms with van der Waals surface area (Å²) in [7, 11) is 1.80. The third-order valence-electron chi connectivity index (χ3n) is 4.48. The Balaban J connectivity index is 1.94. The van der Waals surface area contributed by atoms with Crippen LogP contribution >= 0.6 is 0 Å². The van der Waals surface area contributed by atoms with Gasteiger partial charge in [0.2, 0.25) is 5.91 Å². The molecular formula is C15H20N2O2. The molecule has 2 atom stereocenters. The summed E-state index contributed by atoms with van der Waals surface area (Å²) in [5.74, 6) is 0.116. The van der Waals surface area contributed by atoms with E-state index in [-0.39, 0.29) is 11.9 Å². The molecule has 0 aliphatic carbocycles. The molecule has 1 fully saturated rings. The molecule has 1 saturated heterocycles. The molecule has 102 valence electrons. The molecule has 4 heteroatoms. The summed E-state index contributed by atoms with van der Waals surface area (Å²) in [6.45, 7) is 2.82. The molecule has 3 rings (SSSR count). The molecule has 0 bridgehead atoms. The number of aliphatic hydroxyl groups is 1. The highest BCUT2D eigenvalue weighted by molar-refractivity contribution is 6.00. The Kier molecular flexibility index (Phi) is 2.87. The number of nitrogens with zero attached hydrogens (tertiary/aromatic N) is 1. The van der Waals surface area contributed by atoms with Gasteiger partial charge in [0.1, 0.15) is 5.60 Å². The summed E-state index contributed by atoms with van der Waals surface area (Å²) in [4.78, 5) is 13.4. The van der Waals surface area contributed by atoms with Gasteiger partial charge in [-0.15, -0.1) is 0 Å². The number of rotatable bonds is 2. The van der Waals surface area contributed by atoms with Crippen molar-refractivity contribution in [2.24, 2.45) is 0 Å². The topological polar surface area (TPSA) is 52.6 Å². The fourth-order valence-electron chi connectivity index (χ4n) is 3.15. The van der Waals surface area contributed by atoms with E-state index < -0.39 is 5.60 Å². The lowest BCUT2D eigenvalue weighted by Gasteiger charge is -2.31. The van der Waals surface area contributed by atoms with Crippen LogP contribution in [0.15, 0.2) is 18.2 Å².